The van der Waals surface area contributed by atoms with Crippen molar-refractivity contribution in [2.45, 2.75) is 18.7 Å². The lowest BCUT2D eigenvalue weighted by molar-refractivity contribution is 0.530. The number of nitrogens with one attached hydrogen (secondary N) is 1. The molecule has 1 N–H and O–H groups in total. The molecule has 0 bridgehead atoms. The number of hydrogen-bond acceptors (Lipinski definition) is 3. The topological polar surface area (TPSA) is 25.2 Å². The van der Waals surface area contributed by atoms with Crippen LogP contribution in [0, 0.1) is 0 Å². The lowest BCUT2D eigenvalue weighted by Crippen LogP contribution is -2.23. The molecule has 68 valence electrons. The lowest BCUT2D eigenvalue weighted by Gasteiger charge is -2.07. The Morgan fingerprint density at radius 2 is 2.50 bits per heavy atom. The minimum atomic E-state index is 0.574. The summed E-state index contributed by atoms with van der Waals surface area (Å²) in [6, 6.07) is 4.51. The van der Waals surface area contributed by atoms with Crippen molar-refractivity contribution in [3.63, 3.8) is 0 Å². The summed E-state index contributed by atoms with van der Waals surface area (Å²) < 4.78 is 5.21. The van der Waals surface area contributed by atoms with Crippen LogP contribution in [0.1, 0.15) is 12.7 Å². The number of rotatable bonds is 5. The largest absolute Gasteiger partial charge is 0.468 e. The van der Waals surface area contributed by atoms with E-state index in [1.54, 1.807) is 6.26 Å². The Hall–Kier alpha value is -0.410. The van der Waals surface area contributed by atoms with E-state index in [1.165, 1.54) is 0 Å². The number of furan rings is 1. The van der Waals surface area contributed by atoms with Gasteiger partial charge in [-0.25, -0.2) is 0 Å². The molecule has 1 aromatic rings. The fourth-order valence-corrected chi connectivity index (χ4v) is 1.82. The summed E-state index contributed by atoms with van der Waals surface area (Å²) in [7, 11) is 1.98. The van der Waals surface area contributed by atoms with Crippen molar-refractivity contribution >= 4 is 11.8 Å². The van der Waals surface area contributed by atoms with Gasteiger partial charge in [0.2, 0.25) is 0 Å². The molecule has 0 aromatic carbocycles. The smallest absolute Gasteiger partial charge is 0.113 e. The van der Waals surface area contributed by atoms with E-state index in [0.717, 1.165) is 17.3 Å². The van der Waals surface area contributed by atoms with E-state index < -0.39 is 0 Å². The van der Waals surface area contributed by atoms with Gasteiger partial charge in [-0.1, -0.05) is 0 Å². The van der Waals surface area contributed by atoms with Crippen LogP contribution in [0.3, 0.4) is 0 Å². The highest BCUT2D eigenvalue weighted by atomic mass is 32.2. The molecule has 2 nitrogen and oxygen atoms in total. The van der Waals surface area contributed by atoms with Crippen molar-refractivity contribution in [2.75, 3.05) is 12.8 Å². The molecule has 0 fully saturated rings. The average molecular weight is 185 g/mol. The monoisotopic (exact) mass is 185 g/mol. The molecule has 0 amide bonds. The van der Waals surface area contributed by atoms with Gasteiger partial charge in [-0.05, 0) is 26.1 Å². The molecule has 3 heteroatoms. The zero-order chi connectivity index (χ0) is 8.81. The summed E-state index contributed by atoms with van der Waals surface area (Å²) in [6.07, 6.45) is 1.72. The Morgan fingerprint density at radius 3 is 3.08 bits per heavy atom. The Kier molecular flexibility index (Phi) is 4.25. The second-order valence-electron chi connectivity index (χ2n) is 2.78. The van der Waals surface area contributed by atoms with E-state index in [-0.39, 0.29) is 0 Å². The van der Waals surface area contributed by atoms with E-state index in [1.807, 2.05) is 30.9 Å². The van der Waals surface area contributed by atoms with Crippen molar-refractivity contribution in [3.8, 4) is 0 Å². The van der Waals surface area contributed by atoms with Gasteiger partial charge in [-0.3, -0.25) is 0 Å². The second kappa shape index (κ2) is 5.27. The average Bonchev–Trinajstić information content (AvgIpc) is 2.57. The standard InChI is InChI=1S/C9H15NOS/c1-8(10-2)6-12-7-9-4-3-5-11-9/h3-5,8,10H,6-7H2,1-2H3. The molecule has 0 radical (unpaired) electrons. The minimum Gasteiger partial charge on any atom is -0.468 e. The molecular weight excluding hydrogens is 170 g/mol. The summed E-state index contributed by atoms with van der Waals surface area (Å²) in [5, 5.41) is 3.19. The Bertz CT molecular complexity index is 198. The van der Waals surface area contributed by atoms with Gasteiger partial charge >= 0.3 is 0 Å². The van der Waals surface area contributed by atoms with E-state index in [4.69, 9.17) is 4.42 Å². The van der Waals surface area contributed by atoms with Crippen LogP contribution < -0.4 is 5.32 Å². The molecule has 0 spiro atoms. The van der Waals surface area contributed by atoms with Crippen molar-refractivity contribution in [1.29, 1.82) is 0 Å². The van der Waals surface area contributed by atoms with Gasteiger partial charge in [0.15, 0.2) is 0 Å². The molecule has 1 rings (SSSR count). The van der Waals surface area contributed by atoms with Crippen molar-refractivity contribution in [2.24, 2.45) is 0 Å². The zero-order valence-corrected chi connectivity index (χ0v) is 8.36. The summed E-state index contributed by atoms with van der Waals surface area (Å²) in [4.78, 5) is 0. The third-order valence-corrected chi connectivity index (χ3v) is 2.91. The number of hydrogen-bond donors (Lipinski definition) is 1. The predicted octanol–water partition coefficient (Wildman–Crippen LogP) is 2.12. The van der Waals surface area contributed by atoms with Gasteiger partial charge < -0.3 is 9.73 Å². The maximum atomic E-state index is 5.21. The van der Waals surface area contributed by atoms with Gasteiger partial charge in [0.25, 0.3) is 0 Å². The van der Waals surface area contributed by atoms with Crippen LogP contribution in [0.25, 0.3) is 0 Å². The molecule has 1 aromatic heterocycles. The third kappa shape index (κ3) is 3.32. The highest BCUT2D eigenvalue weighted by Gasteiger charge is 1.99. The molecule has 12 heavy (non-hydrogen) atoms. The first-order valence-corrected chi connectivity index (χ1v) is 5.26. The van der Waals surface area contributed by atoms with Crippen molar-refractivity contribution in [1.82, 2.24) is 5.32 Å². The van der Waals surface area contributed by atoms with Gasteiger partial charge in [-0.2, -0.15) is 11.8 Å². The maximum Gasteiger partial charge on any atom is 0.113 e. The predicted molar refractivity (Wildman–Crippen MR) is 53.4 cm³/mol. The van der Waals surface area contributed by atoms with Crippen LogP contribution >= 0.6 is 11.8 Å². The molecule has 0 aliphatic carbocycles. The first-order chi connectivity index (χ1) is 5.83. The van der Waals surface area contributed by atoms with E-state index >= 15 is 0 Å². The van der Waals surface area contributed by atoms with Gasteiger partial charge in [-0.15, -0.1) is 0 Å². The molecule has 0 saturated carbocycles. The fourth-order valence-electron chi connectivity index (χ4n) is 0.814. The normalized spacial score (nSPS) is 13.2. The number of thioether (sulfide) groups is 1. The Morgan fingerprint density at radius 1 is 1.67 bits per heavy atom. The lowest BCUT2D eigenvalue weighted by atomic mass is 10.4. The van der Waals surface area contributed by atoms with Crippen molar-refractivity contribution < 1.29 is 4.42 Å². The molecule has 1 atom stereocenters. The minimum absolute atomic E-state index is 0.574. The summed E-state index contributed by atoms with van der Waals surface area (Å²) in [5.74, 6) is 3.15. The highest BCUT2D eigenvalue weighted by Crippen LogP contribution is 2.12. The molecule has 1 unspecified atom stereocenters. The molecule has 0 aliphatic heterocycles. The van der Waals surface area contributed by atoms with Gasteiger partial charge in [0, 0.05) is 11.8 Å². The summed E-state index contributed by atoms with van der Waals surface area (Å²) in [5.41, 5.74) is 0. The zero-order valence-electron chi connectivity index (χ0n) is 7.54. The third-order valence-electron chi connectivity index (χ3n) is 1.69. The SMILES string of the molecule is CNC(C)CSCc1ccco1. The molecule has 0 aliphatic rings. The molecule has 0 saturated heterocycles. The fraction of sp³-hybridized carbons (Fsp3) is 0.556. The van der Waals surface area contributed by atoms with E-state index in [0.29, 0.717) is 6.04 Å². The van der Waals surface area contributed by atoms with Crippen LogP contribution in [-0.2, 0) is 5.75 Å². The first kappa shape index (κ1) is 9.68. The van der Waals surface area contributed by atoms with E-state index in [2.05, 4.69) is 12.2 Å². The quantitative estimate of drug-likeness (QED) is 0.760. The Labute approximate surface area is 77.7 Å². The van der Waals surface area contributed by atoms with Crippen molar-refractivity contribution in [3.05, 3.63) is 24.2 Å². The first-order valence-electron chi connectivity index (χ1n) is 4.10. The Balaban J connectivity index is 2.11. The maximum absolute atomic E-state index is 5.21. The highest BCUT2D eigenvalue weighted by molar-refractivity contribution is 7.98. The summed E-state index contributed by atoms with van der Waals surface area (Å²) in [6.45, 7) is 2.18. The van der Waals surface area contributed by atoms with Crippen LogP contribution in [0.2, 0.25) is 0 Å². The van der Waals surface area contributed by atoms with Crippen LogP contribution in [-0.4, -0.2) is 18.8 Å². The molecular formula is C9H15NOS. The van der Waals surface area contributed by atoms with Gasteiger partial charge in [0.1, 0.15) is 5.76 Å². The van der Waals surface area contributed by atoms with Crippen LogP contribution in [0.15, 0.2) is 22.8 Å². The van der Waals surface area contributed by atoms with Gasteiger partial charge in [0.05, 0.1) is 12.0 Å². The second-order valence-corrected chi connectivity index (χ2v) is 3.81. The van der Waals surface area contributed by atoms with E-state index in [9.17, 15) is 0 Å². The molecule has 1 heterocycles. The summed E-state index contributed by atoms with van der Waals surface area (Å²) >= 11 is 1.89. The van der Waals surface area contributed by atoms with Crippen LogP contribution in [0.5, 0.6) is 0 Å². The van der Waals surface area contributed by atoms with Crippen LogP contribution in [0.4, 0.5) is 0 Å².